The van der Waals surface area contributed by atoms with E-state index in [9.17, 15) is 4.79 Å². The standard InChI is InChI=1S/C22H21NO2/c23-17-21(24)25-22(19-12-6-2-7-13-19,20-14-8-3-9-15-20)16-18-10-4-1-5-11-18/h1-15H,16-17,23H2. The zero-order valence-corrected chi connectivity index (χ0v) is 14.0. The number of ether oxygens (including phenoxy) is 1. The Kier molecular flexibility index (Phi) is 5.26. The summed E-state index contributed by atoms with van der Waals surface area (Å²) in [5, 5.41) is 0. The maximum absolute atomic E-state index is 12.2. The molecule has 3 aromatic carbocycles. The number of rotatable bonds is 6. The Morgan fingerprint density at radius 3 is 1.64 bits per heavy atom. The monoisotopic (exact) mass is 331 g/mol. The number of hydrogen-bond acceptors (Lipinski definition) is 3. The highest BCUT2D eigenvalue weighted by Gasteiger charge is 2.38. The van der Waals surface area contributed by atoms with E-state index in [0.29, 0.717) is 6.42 Å². The Morgan fingerprint density at radius 1 is 0.760 bits per heavy atom. The van der Waals surface area contributed by atoms with Crippen molar-refractivity contribution in [2.24, 2.45) is 5.73 Å². The van der Waals surface area contributed by atoms with Gasteiger partial charge in [0.1, 0.15) is 0 Å². The van der Waals surface area contributed by atoms with Crippen LogP contribution >= 0.6 is 0 Å². The van der Waals surface area contributed by atoms with Crippen LogP contribution in [0.3, 0.4) is 0 Å². The second-order valence-electron chi connectivity index (χ2n) is 5.90. The molecule has 0 heterocycles. The van der Waals surface area contributed by atoms with Crippen LogP contribution in [0.15, 0.2) is 91.0 Å². The number of hydrogen-bond donors (Lipinski definition) is 1. The van der Waals surface area contributed by atoms with E-state index in [4.69, 9.17) is 10.5 Å². The Bertz CT molecular complexity index is 762. The summed E-state index contributed by atoms with van der Waals surface area (Å²) in [5.41, 5.74) is 7.57. The van der Waals surface area contributed by atoms with Crippen molar-refractivity contribution in [3.8, 4) is 0 Å². The molecule has 2 N–H and O–H groups in total. The molecule has 0 aromatic heterocycles. The van der Waals surface area contributed by atoms with Crippen LogP contribution in [-0.4, -0.2) is 12.5 Å². The number of carbonyl (C=O) groups excluding carboxylic acids is 1. The first-order chi connectivity index (χ1) is 12.2. The highest BCUT2D eigenvalue weighted by atomic mass is 16.6. The van der Waals surface area contributed by atoms with Crippen LogP contribution < -0.4 is 5.73 Å². The lowest BCUT2D eigenvalue weighted by Crippen LogP contribution is -2.38. The number of benzene rings is 3. The van der Waals surface area contributed by atoms with Gasteiger partial charge in [-0.2, -0.15) is 0 Å². The van der Waals surface area contributed by atoms with Gasteiger partial charge in [0.15, 0.2) is 5.60 Å². The molecule has 0 unspecified atom stereocenters. The second-order valence-corrected chi connectivity index (χ2v) is 5.90. The summed E-state index contributed by atoms with van der Waals surface area (Å²) >= 11 is 0. The van der Waals surface area contributed by atoms with E-state index in [1.54, 1.807) is 0 Å². The zero-order valence-electron chi connectivity index (χ0n) is 14.0. The lowest BCUT2D eigenvalue weighted by Gasteiger charge is -2.35. The zero-order chi connectivity index (χ0) is 17.5. The summed E-state index contributed by atoms with van der Waals surface area (Å²) in [6.45, 7) is -0.157. The Morgan fingerprint density at radius 2 is 1.20 bits per heavy atom. The van der Waals surface area contributed by atoms with E-state index >= 15 is 0 Å². The van der Waals surface area contributed by atoms with Crippen LogP contribution in [0.2, 0.25) is 0 Å². The predicted octanol–water partition coefficient (Wildman–Crippen LogP) is 3.67. The molecule has 0 radical (unpaired) electrons. The molecule has 0 saturated carbocycles. The summed E-state index contributed by atoms with van der Waals surface area (Å²) < 4.78 is 6.00. The summed E-state index contributed by atoms with van der Waals surface area (Å²) in [6, 6.07) is 29.7. The summed E-state index contributed by atoms with van der Waals surface area (Å²) in [6.07, 6.45) is 0.535. The third kappa shape index (κ3) is 3.78. The largest absolute Gasteiger partial charge is 0.448 e. The van der Waals surface area contributed by atoms with Crippen LogP contribution in [-0.2, 0) is 21.6 Å². The topological polar surface area (TPSA) is 52.3 Å². The van der Waals surface area contributed by atoms with Crippen LogP contribution in [0.5, 0.6) is 0 Å². The number of carbonyl (C=O) groups is 1. The highest BCUT2D eigenvalue weighted by Crippen LogP contribution is 2.37. The molecule has 0 aliphatic heterocycles. The van der Waals surface area contributed by atoms with Crippen molar-refractivity contribution in [3.63, 3.8) is 0 Å². The Hall–Kier alpha value is -2.91. The minimum absolute atomic E-state index is 0.157. The van der Waals surface area contributed by atoms with Gasteiger partial charge in [-0.3, -0.25) is 4.79 Å². The van der Waals surface area contributed by atoms with Crippen molar-refractivity contribution >= 4 is 5.97 Å². The normalized spacial score (nSPS) is 11.1. The van der Waals surface area contributed by atoms with E-state index in [2.05, 4.69) is 0 Å². The summed E-state index contributed by atoms with van der Waals surface area (Å²) in [5.74, 6) is -0.427. The average Bonchev–Trinajstić information content (AvgIpc) is 2.69. The smallest absolute Gasteiger partial charge is 0.320 e. The molecule has 3 rings (SSSR count). The van der Waals surface area contributed by atoms with Gasteiger partial charge >= 0.3 is 5.97 Å². The van der Waals surface area contributed by atoms with Crippen molar-refractivity contribution in [2.45, 2.75) is 12.0 Å². The van der Waals surface area contributed by atoms with Crippen molar-refractivity contribution in [3.05, 3.63) is 108 Å². The second kappa shape index (κ2) is 7.77. The maximum atomic E-state index is 12.2. The molecule has 25 heavy (non-hydrogen) atoms. The molecule has 0 spiro atoms. The third-order valence-electron chi connectivity index (χ3n) is 4.23. The van der Waals surface area contributed by atoms with E-state index in [-0.39, 0.29) is 6.54 Å². The van der Waals surface area contributed by atoms with E-state index < -0.39 is 11.6 Å². The van der Waals surface area contributed by atoms with Gasteiger partial charge in [0.05, 0.1) is 6.54 Å². The van der Waals surface area contributed by atoms with Gasteiger partial charge < -0.3 is 10.5 Å². The molecular formula is C22H21NO2. The fourth-order valence-corrected chi connectivity index (χ4v) is 3.06. The van der Waals surface area contributed by atoms with Crippen LogP contribution in [0, 0.1) is 0 Å². The summed E-state index contributed by atoms with van der Waals surface area (Å²) in [7, 11) is 0. The van der Waals surface area contributed by atoms with Crippen molar-refractivity contribution in [2.75, 3.05) is 6.54 Å². The van der Waals surface area contributed by atoms with E-state index in [1.807, 2.05) is 91.0 Å². The van der Waals surface area contributed by atoms with Gasteiger partial charge in [-0.1, -0.05) is 91.0 Å². The van der Waals surface area contributed by atoms with Crippen molar-refractivity contribution in [1.29, 1.82) is 0 Å². The van der Waals surface area contributed by atoms with E-state index in [0.717, 1.165) is 16.7 Å². The maximum Gasteiger partial charge on any atom is 0.320 e. The van der Waals surface area contributed by atoms with Gasteiger partial charge in [0, 0.05) is 17.5 Å². The van der Waals surface area contributed by atoms with Crippen molar-refractivity contribution in [1.82, 2.24) is 0 Å². The predicted molar refractivity (Wildman–Crippen MR) is 99.0 cm³/mol. The fourth-order valence-electron chi connectivity index (χ4n) is 3.06. The molecule has 3 aromatic rings. The molecule has 3 nitrogen and oxygen atoms in total. The third-order valence-corrected chi connectivity index (χ3v) is 4.23. The minimum atomic E-state index is -0.916. The average molecular weight is 331 g/mol. The Labute approximate surface area is 148 Å². The Balaban J connectivity index is 2.17. The summed E-state index contributed by atoms with van der Waals surface area (Å²) in [4.78, 5) is 12.2. The van der Waals surface area contributed by atoms with Gasteiger partial charge in [-0.05, 0) is 5.56 Å². The van der Waals surface area contributed by atoms with Crippen LogP contribution in [0.1, 0.15) is 16.7 Å². The lowest BCUT2D eigenvalue weighted by atomic mass is 9.81. The van der Waals surface area contributed by atoms with Crippen LogP contribution in [0.4, 0.5) is 0 Å². The molecule has 3 heteroatoms. The van der Waals surface area contributed by atoms with Gasteiger partial charge in [-0.25, -0.2) is 0 Å². The van der Waals surface area contributed by atoms with Gasteiger partial charge in [0.25, 0.3) is 0 Å². The molecule has 126 valence electrons. The molecule has 0 atom stereocenters. The lowest BCUT2D eigenvalue weighted by molar-refractivity contribution is -0.155. The first-order valence-corrected chi connectivity index (χ1v) is 8.31. The minimum Gasteiger partial charge on any atom is -0.448 e. The molecule has 0 fully saturated rings. The van der Waals surface area contributed by atoms with Gasteiger partial charge in [-0.15, -0.1) is 0 Å². The number of nitrogens with two attached hydrogens (primary N) is 1. The quantitative estimate of drug-likeness (QED) is 0.701. The van der Waals surface area contributed by atoms with E-state index in [1.165, 1.54) is 0 Å². The van der Waals surface area contributed by atoms with Crippen LogP contribution in [0.25, 0.3) is 0 Å². The van der Waals surface area contributed by atoms with Gasteiger partial charge in [0.2, 0.25) is 0 Å². The first-order valence-electron chi connectivity index (χ1n) is 8.31. The molecule has 0 aliphatic rings. The molecular weight excluding hydrogens is 310 g/mol. The highest BCUT2D eigenvalue weighted by molar-refractivity contribution is 5.72. The first kappa shape index (κ1) is 16.9. The molecule has 0 bridgehead atoms. The fraction of sp³-hybridized carbons (Fsp3) is 0.136. The molecule has 0 amide bonds. The molecule has 0 aliphatic carbocycles. The SMILES string of the molecule is NCC(=O)OC(Cc1ccccc1)(c1ccccc1)c1ccccc1. The number of esters is 1. The molecule has 0 saturated heterocycles. The van der Waals surface area contributed by atoms with Crippen molar-refractivity contribution < 1.29 is 9.53 Å².